The molecule has 0 saturated carbocycles. The molecule has 0 fully saturated rings. The molecule has 0 atom stereocenters. The van der Waals surface area contributed by atoms with Gasteiger partial charge >= 0.3 is 0 Å². The van der Waals surface area contributed by atoms with Gasteiger partial charge in [-0.25, -0.2) is 11.1 Å². The average molecular weight is 692 g/mol. The summed E-state index contributed by atoms with van der Waals surface area (Å²) in [5, 5.41) is 0. The quantitative estimate of drug-likeness (QED) is 0.206. The molecular weight excluding hydrogens is 673 g/mol. The van der Waals surface area contributed by atoms with Gasteiger partial charge in [0.1, 0.15) is 0 Å². The number of ether oxygens (including phenoxy) is 1. The van der Waals surface area contributed by atoms with Crippen LogP contribution in [0.3, 0.4) is 0 Å². The molecule has 1 aliphatic heterocycles. The number of hydrogen-bond acceptors (Lipinski definition) is 3. The van der Waals surface area contributed by atoms with E-state index in [0.29, 0.717) is 6.61 Å². The number of hydrogen-bond donors (Lipinski definition) is 0. The van der Waals surface area contributed by atoms with Crippen molar-refractivity contribution in [1.82, 2.24) is 9.97 Å². The molecule has 5 heteroatoms. The van der Waals surface area contributed by atoms with E-state index >= 15 is 0 Å². The fraction of sp³-hybridized carbons (Fsp3) is 0.0345. The zero-order valence-corrected chi connectivity index (χ0v) is 23.4. The van der Waals surface area contributed by atoms with Gasteiger partial charge in [0.2, 0.25) is 0 Å². The molecule has 3 aromatic carbocycles. The van der Waals surface area contributed by atoms with Gasteiger partial charge in [0.05, 0.1) is 12.4 Å². The predicted octanol–water partition coefficient (Wildman–Crippen LogP) is 6.25. The maximum atomic E-state index is 5.80. The van der Waals surface area contributed by atoms with E-state index in [1.807, 2.05) is 91.0 Å². The van der Waals surface area contributed by atoms with E-state index in [1.165, 1.54) is 0 Å². The molecule has 3 heterocycles. The fourth-order valence-electron chi connectivity index (χ4n) is 3.43. The Bertz CT molecular complexity index is 1280. The molecule has 6 rings (SSSR count). The van der Waals surface area contributed by atoms with Crippen molar-refractivity contribution in [2.24, 2.45) is 0 Å². The van der Waals surface area contributed by atoms with Crippen molar-refractivity contribution in [3.05, 3.63) is 127 Å². The van der Waals surface area contributed by atoms with Crippen LogP contribution in [0.2, 0.25) is 0 Å². The van der Waals surface area contributed by atoms with E-state index in [2.05, 4.69) is 34.4 Å². The predicted molar refractivity (Wildman–Crippen MR) is 124 cm³/mol. The summed E-state index contributed by atoms with van der Waals surface area (Å²) < 4.78 is 5.80. The van der Waals surface area contributed by atoms with Crippen LogP contribution in [0, 0.1) is 24.4 Å². The second-order valence-corrected chi connectivity index (χ2v) is 7.12. The third-order valence-corrected chi connectivity index (χ3v) is 5.01. The van der Waals surface area contributed by atoms with Crippen molar-refractivity contribution in [3.8, 4) is 39.4 Å². The Labute approximate surface area is 238 Å². The van der Waals surface area contributed by atoms with E-state index in [0.717, 1.165) is 45.0 Å². The summed E-state index contributed by atoms with van der Waals surface area (Å²) in [6.07, 6.45) is 4.86. The van der Waals surface area contributed by atoms with Crippen LogP contribution in [0.5, 0.6) is 5.75 Å². The minimum Gasteiger partial charge on any atom is -0.516 e. The summed E-state index contributed by atoms with van der Waals surface area (Å²) >= 11 is 0. The van der Waals surface area contributed by atoms with Gasteiger partial charge in [-0.05, 0) is 11.8 Å². The van der Waals surface area contributed by atoms with Crippen LogP contribution in [0.15, 0.2) is 97.2 Å². The van der Waals surface area contributed by atoms with Crippen molar-refractivity contribution in [1.29, 1.82) is 0 Å². The minimum atomic E-state index is 0. The summed E-state index contributed by atoms with van der Waals surface area (Å²) in [6.45, 7) is 0.559. The first-order chi connectivity index (χ1) is 15.9. The minimum absolute atomic E-state index is 0. The molecule has 0 saturated heterocycles. The number of nitrogens with zero attached hydrogens (tertiary/aromatic N) is 2. The Balaban J connectivity index is 0.000000201. The van der Waals surface area contributed by atoms with Crippen molar-refractivity contribution in [3.63, 3.8) is 0 Å². The molecule has 0 bridgehead atoms. The number of rotatable bonds is 2. The molecule has 3 nitrogen and oxygen atoms in total. The van der Waals surface area contributed by atoms with Crippen LogP contribution >= 0.6 is 0 Å². The normalized spacial score (nSPS) is 10.6. The standard InChI is InChI=1S/C18H10NO.C11H8N.Ir.Y/c1-2-6-13(7-3-1)15-10-17-18(19-11-15)16-9-5-4-8-14(16)12-20-17;1-2-6-10(7-3-1)11-8-4-5-9-12-11;;/h1-6,8,10H,12H2;1-6,8-9H;;/q-3;-1;;. The molecule has 0 aliphatic carbocycles. The Morgan fingerprint density at radius 2 is 1.47 bits per heavy atom. The van der Waals surface area contributed by atoms with Crippen LogP contribution in [-0.4, -0.2) is 9.97 Å². The molecule has 1 aliphatic rings. The largest absolute Gasteiger partial charge is 0.516 e. The van der Waals surface area contributed by atoms with Crippen molar-refractivity contribution in [2.75, 3.05) is 0 Å². The van der Waals surface area contributed by atoms with Gasteiger partial charge in [-0.15, -0.1) is 77.9 Å². The molecule has 0 spiro atoms. The van der Waals surface area contributed by atoms with Gasteiger partial charge in [0, 0.05) is 64.7 Å². The number of fused-ring (bicyclic) bond motifs is 3. The van der Waals surface area contributed by atoms with Gasteiger partial charge in [0.15, 0.2) is 0 Å². The van der Waals surface area contributed by atoms with Gasteiger partial charge in [-0.1, -0.05) is 23.9 Å². The van der Waals surface area contributed by atoms with Crippen LogP contribution in [0.25, 0.3) is 33.6 Å². The van der Waals surface area contributed by atoms with Crippen molar-refractivity contribution in [2.45, 2.75) is 6.61 Å². The van der Waals surface area contributed by atoms with E-state index in [4.69, 9.17) is 4.74 Å². The van der Waals surface area contributed by atoms with Crippen LogP contribution in [0.4, 0.5) is 0 Å². The summed E-state index contributed by atoms with van der Waals surface area (Å²) in [7, 11) is 0. The summed E-state index contributed by atoms with van der Waals surface area (Å²) in [6, 6.07) is 38.9. The maximum absolute atomic E-state index is 5.80. The zero-order valence-electron chi connectivity index (χ0n) is 18.2. The molecule has 166 valence electrons. The van der Waals surface area contributed by atoms with E-state index < -0.39 is 0 Å². The first-order valence-corrected chi connectivity index (χ1v) is 10.3. The molecule has 5 aromatic rings. The molecule has 2 aromatic heterocycles. The van der Waals surface area contributed by atoms with Gasteiger partial charge in [0.25, 0.3) is 0 Å². The number of aromatic nitrogens is 2. The fourth-order valence-corrected chi connectivity index (χ4v) is 3.43. The summed E-state index contributed by atoms with van der Waals surface area (Å²) in [5.41, 5.74) is 6.80. The molecule has 0 N–H and O–H groups in total. The Hall–Kier alpha value is -2.49. The molecule has 34 heavy (non-hydrogen) atoms. The van der Waals surface area contributed by atoms with E-state index in [-0.39, 0.29) is 52.8 Å². The second kappa shape index (κ2) is 12.8. The Morgan fingerprint density at radius 1 is 0.735 bits per heavy atom. The molecule has 2 radical (unpaired) electrons. The monoisotopic (exact) mass is 692 g/mol. The van der Waals surface area contributed by atoms with E-state index in [9.17, 15) is 0 Å². The van der Waals surface area contributed by atoms with Crippen LogP contribution < -0.4 is 4.74 Å². The SMILES string of the molecule is [Ir].[Y].[c-]1ccccc1-c1[c-]nc2c(c1)OCc1ccc[c-]c1-2.[c-]1ccccc1-c1ccccn1. The summed E-state index contributed by atoms with van der Waals surface area (Å²) in [4.78, 5) is 8.65. The van der Waals surface area contributed by atoms with Gasteiger partial charge in [-0.2, -0.15) is 24.3 Å². The molecular formula is C29H18IrN2OY-4. The third kappa shape index (κ3) is 6.14. The number of benzene rings is 3. The van der Waals surface area contributed by atoms with Crippen molar-refractivity contribution >= 4 is 0 Å². The Morgan fingerprint density at radius 3 is 2.18 bits per heavy atom. The summed E-state index contributed by atoms with van der Waals surface area (Å²) in [5.74, 6) is 0.783. The second-order valence-electron chi connectivity index (χ2n) is 7.12. The van der Waals surface area contributed by atoms with Crippen LogP contribution in [0.1, 0.15) is 5.56 Å². The topological polar surface area (TPSA) is 35.0 Å². The van der Waals surface area contributed by atoms with Crippen molar-refractivity contribution < 1.29 is 57.6 Å². The molecule has 0 amide bonds. The van der Waals surface area contributed by atoms with Gasteiger partial charge in [-0.3, -0.25) is 0 Å². The van der Waals surface area contributed by atoms with Gasteiger partial charge < -0.3 is 14.7 Å². The zero-order chi connectivity index (χ0) is 21.6. The Kier molecular flexibility index (Phi) is 9.86. The smallest absolute Gasteiger partial charge is 0.0781 e. The maximum Gasteiger partial charge on any atom is 0.0781 e. The third-order valence-electron chi connectivity index (χ3n) is 5.01. The molecule has 0 unspecified atom stereocenters. The first-order valence-electron chi connectivity index (χ1n) is 10.3. The first kappa shape index (κ1) is 26.1. The average Bonchev–Trinajstić information content (AvgIpc) is 2.90. The van der Waals surface area contributed by atoms with Crippen LogP contribution in [-0.2, 0) is 59.4 Å². The number of pyridine rings is 2. The van der Waals surface area contributed by atoms with E-state index in [1.54, 1.807) is 6.20 Å².